The van der Waals surface area contributed by atoms with Gasteiger partial charge in [-0.2, -0.15) is 0 Å². The average molecular weight is 313 g/mol. The number of carbonyl (C=O) groups is 1. The summed E-state index contributed by atoms with van der Waals surface area (Å²) in [4.78, 5) is 14.2. The standard InChI is InChI=1S/C13H15BrNOS/c1-10(16)15-8-6-11(7-9-15)17-13-5-3-2-4-12(13)14/h2-5,11H,1,6-9H2. The normalized spacial score (nSPS) is 17.2. The molecule has 2 rings (SSSR count). The first-order valence-electron chi connectivity index (χ1n) is 5.69. The van der Waals surface area contributed by atoms with Gasteiger partial charge in [0.25, 0.3) is 0 Å². The van der Waals surface area contributed by atoms with Crippen LogP contribution in [0.25, 0.3) is 0 Å². The SMILES string of the molecule is [CH2]C(=O)N1CCC(Sc2ccccc2Br)CC1. The third kappa shape index (κ3) is 3.49. The minimum absolute atomic E-state index is 0.0469. The number of carbonyl (C=O) groups excluding carboxylic acids is 1. The summed E-state index contributed by atoms with van der Waals surface area (Å²) in [6, 6.07) is 8.28. The minimum atomic E-state index is -0.0469. The van der Waals surface area contributed by atoms with Crippen molar-refractivity contribution in [1.29, 1.82) is 0 Å². The molecule has 1 saturated heterocycles. The molecule has 2 nitrogen and oxygen atoms in total. The monoisotopic (exact) mass is 312 g/mol. The largest absolute Gasteiger partial charge is 0.343 e. The van der Waals surface area contributed by atoms with Crippen LogP contribution in [0.4, 0.5) is 0 Å². The Morgan fingerprint density at radius 3 is 2.59 bits per heavy atom. The molecule has 4 heteroatoms. The van der Waals surface area contributed by atoms with Gasteiger partial charge >= 0.3 is 0 Å². The van der Waals surface area contributed by atoms with E-state index in [1.54, 1.807) is 0 Å². The quantitative estimate of drug-likeness (QED) is 0.834. The molecule has 91 valence electrons. The lowest BCUT2D eigenvalue weighted by atomic mass is 10.1. The van der Waals surface area contributed by atoms with E-state index in [0.29, 0.717) is 5.25 Å². The molecular formula is C13H15BrNOS. The van der Waals surface area contributed by atoms with Crippen LogP contribution in [0.15, 0.2) is 33.6 Å². The molecule has 0 aromatic heterocycles. The van der Waals surface area contributed by atoms with Crippen LogP contribution in [0.2, 0.25) is 0 Å². The van der Waals surface area contributed by atoms with Crippen LogP contribution in [0.3, 0.4) is 0 Å². The van der Waals surface area contributed by atoms with Crippen LogP contribution in [0, 0.1) is 6.92 Å². The zero-order chi connectivity index (χ0) is 12.3. The molecule has 0 unspecified atom stereocenters. The van der Waals surface area contributed by atoms with Crippen molar-refractivity contribution in [2.24, 2.45) is 0 Å². The third-order valence-corrected chi connectivity index (χ3v) is 5.29. The zero-order valence-electron chi connectivity index (χ0n) is 9.56. The predicted octanol–water partition coefficient (Wildman–Crippen LogP) is 3.37. The van der Waals surface area contributed by atoms with E-state index in [1.165, 1.54) is 4.90 Å². The summed E-state index contributed by atoms with van der Waals surface area (Å²) >= 11 is 5.46. The molecule has 1 heterocycles. The van der Waals surface area contributed by atoms with E-state index in [4.69, 9.17) is 0 Å². The highest BCUT2D eigenvalue weighted by atomic mass is 79.9. The molecule has 1 aliphatic rings. The lowest BCUT2D eigenvalue weighted by molar-refractivity contribution is -0.127. The van der Waals surface area contributed by atoms with Gasteiger partial charge < -0.3 is 4.90 Å². The summed E-state index contributed by atoms with van der Waals surface area (Å²) in [6.07, 6.45) is 2.10. The van der Waals surface area contributed by atoms with Crippen molar-refractivity contribution < 1.29 is 4.79 Å². The van der Waals surface area contributed by atoms with Gasteiger partial charge in [0, 0.05) is 34.6 Å². The van der Waals surface area contributed by atoms with Gasteiger partial charge in [-0.1, -0.05) is 12.1 Å². The Labute approximate surface area is 115 Å². The smallest absolute Gasteiger partial charge is 0.223 e. The highest BCUT2D eigenvalue weighted by Gasteiger charge is 2.21. The Kier molecular flexibility index (Phi) is 4.51. The number of piperidine rings is 1. The molecule has 1 amide bonds. The molecule has 0 spiro atoms. The molecule has 17 heavy (non-hydrogen) atoms. The number of benzene rings is 1. The molecule has 0 atom stereocenters. The van der Waals surface area contributed by atoms with E-state index in [9.17, 15) is 4.79 Å². The van der Waals surface area contributed by atoms with Crippen molar-refractivity contribution >= 4 is 33.6 Å². The van der Waals surface area contributed by atoms with Gasteiger partial charge in [0.1, 0.15) is 0 Å². The number of likely N-dealkylation sites (tertiary alicyclic amines) is 1. The number of nitrogens with zero attached hydrogens (tertiary/aromatic N) is 1. The maximum atomic E-state index is 11.1. The second-order valence-electron chi connectivity index (χ2n) is 4.13. The Bertz CT molecular complexity index is 402. The first-order valence-corrected chi connectivity index (χ1v) is 7.36. The summed E-state index contributed by atoms with van der Waals surface area (Å²) in [5.74, 6) is -0.0469. The molecule has 1 fully saturated rings. The lowest BCUT2D eigenvalue weighted by Crippen LogP contribution is -2.38. The van der Waals surface area contributed by atoms with Crippen molar-refractivity contribution in [3.05, 3.63) is 35.7 Å². The van der Waals surface area contributed by atoms with Gasteiger partial charge in [0.05, 0.1) is 0 Å². The number of hydrogen-bond donors (Lipinski definition) is 0. The van der Waals surface area contributed by atoms with Crippen molar-refractivity contribution in [3.8, 4) is 0 Å². The average Bonchev–Trinajstić information content (AvgIpc) is 2.33. The van der Waals surface area contributed by atoms with Gasteiger partial charge in [-0.3, -0.25) is 4.79 Å². The first-order chi connectivity index (χ1) is 8.16. The summed E-state index contributed by atoms with van der Waals surface area (Å²) in [5.41, 5.74) is 0. The molecule has 1 aliphatic heterocycles. The van der Waals surface area contributed by atoms with Gasteiger partial charge in [-0.25, -0.2) is 0 Å². The van der Waals surface area contributed by atoms with Crippen LogP contribution in [-0.4, -0.2) is 29.1 Å². The van der Waals surface area contributed by atoms with Gasteiger partial charge in [-0.05, 0) is 40.9 Å². The van der Waals surface area contributed by atoms with Crippen LogP contribution in [0.1, 0.15) is 12.8 Å². The Morgan fingerprint density at radius 2 is 2.00 bits per heavy atom. The van der Waals surface area contributed by atoms with E-state index in [0.717, 1.165) is 30.4 Å². The highest BCUT2D eigenvalue weighted by molar-refractivity contribution is 9.10. The second-order valence-corrected chi connectivity index (χ2v) is 6.32. The van der Waals surface area contributed by atoms with E-state index < -0.39 is 0 Å². The lowest BCUT2D eigenvalue weighted by Gasteiger charge is -2.31. The minimum Gasteiger partial charge on any atom is -0.343 e. The maximum absolute atomic E-state index is 11.1. The number of thioether (sulfide) groups is 1. The van der Waals surface area contributed by atoms with Gasteiger partial charge in [0.15, 0.2) is 0 Å². The van der Waals surface area contributed by atoms with Crippen molar-refractivity contribution in [3.63, 3.8) is 0 Å². The van der Waals surface area contributed by atoms with E-state index in [2.05, 4.69) is 41.1 Å². The molecular weight excluding hydrogens is 298 g/mol. The number of amides is 1. The summed E-state index contributed by atoms with van der Waals surface area (Å²) in [5, 5.41) is 0.601. The predicted molar refractivity (Wildman–Crippen MR) is 75.0 cm³/mol. The fraction of sp³-hybridized carbons (Fsp3) is 0.385. The van der Waals surface area contributed by atoms with E-state index in [1.807, 2.05) is 22.7 Å². The molecule has 0 saturated carbocycles. The second kappa shape index (κ2) is 5.91. The summed E-state index contributed by atoms with van der Waals surface area (Å²) in [6.45, 7) is 5.13. The molecule has 1 radical (unpaired) electrons. The summed E-state index contributed by atoms with van der Waals surface area (Å²) in [7, 11) is 0. The Hall–Kier alpha value is -0.480. The fourth-order valence-electron chi connectivity index (χ4n) is 1.94. The third-order valence-electron chi connectivity index (χ3n) is 2.92. The summed E-state index contributed by atoms with van der Waals surface area (Å²) < 4.78 is 1.15. The molecule has 1 aromatic rings. The molecule has 1 aromatic carbocycles. The Morgan fingerprint density at radius 1 is 1.35 bits per heavy atom. The number of hydrogen-bond acceptors (Lipinski definition) is 2. The zero-order valence-corrected chi connectivity index (χ0v) is 12.0. The van der Waals surface area contributed by atoms with Crippen LogP contribution >= 0.6 is 27.7 Å². The van der Waals surface area contributed by atoms with Crippen LogP contribution < -0.4 is 0 Å². The first kappa shape index (κ1) is 13.0. The van der Waals surface area contributed by atoms with Crippen LogP contribution in [-0.2, 0) is 4.79 Å². The van der Waals surface area contributed by atoms with Gasteiger partial charge in [0.2, 0.25) is 5.91 Å². The van der Waals surface area contributed by atoms with Crippen molar-refractivity contribution in [2.75, 3.05) is 13.1 Å². The molecule has 0 bridgehead atoms. The highest BCUT2D eigenvalue weighted by Crippen LogP contribution is 2.34. The van der Waals surface area contributed by atoms with Gasteiger partial charge in [-0.15, -0.1) is 11.8 Å². The van der Waals surface area contributed by atoms with E-state index in [-0.39, 0.29) is 5.91 Å². The Balaban J connectivity index is 1.90. The number of rotatable bonds is 2. The van der Waals surface area contributed by atoms with E-state index >= 15 is 0 Å². The maximum Gasteiger partial charge on any atom is 0.223 e. The van der Waals surface area contributed by atoms with Crippen LogP contribution in [0.5, 0.6) is 0 Å². The fourth-order valence-corrected chi connectivity index (χ4v) is 3.65. The topological polar surface area (TPSA) is 20.3 Å². The molecule has 0 aliphatic carbocycles. The number of halogens is 1. The van der Waals surface area contributed by atoms with Crippen molar-refractivity contribution in [1.82, 2.24) is 4.90 Å². The molecule has 0 N–H and O–H groups in total. The van der Waals surface area contributed by atoms with Crippen molar-refractivity contribution in [2.45, 2.75) is 23.0 Å².